The number of amides is 2. The average molecular weight is 359 g/mol. The minimum absolute atomic E-state index is 0.224. The van der Waals surface area contributed by atoms with Gasteiger partial charge in [-0.25, -0.2) is 4.79 Å². The minimum Gasteiger partial charge on any atom is -0.378 e. The molecule has 1 heterocycles. The summed E-state index contributed by atoms with van der Waals surface area (Å²) in [6.07, 6.45) is -2.85. The second-order valence-electron chi connectivity index (χ2n) is 6.03. The van der Waals surface area contributed by atoms with E-state index >= 15 is 0 Å². The molecule has 2 amide bonds. The predicted octanol–water partition coefficient (Wildman–Crippen LogP) is 3.81. The molecule has 0 radical (unpaired) electrons. The van der Waals surface area contributed by atoms with Gasteiger partial charge < -0.3 is 19.9 Å². The van der Waals surface area contributed by atoms with Gasteiger partial charge >= 0.3 is 12.2 Å². The average Bonchev–Trinajstić information content (AvgIpc) is 2.59. The Morgan fingerprint density at radius 3 is 2.60 bits per heavy atom. The molecule has 1 aromatic carbocycles. The molecule has 0 aromatic heterocycles. The molecule has 1 aromatic rings. The van der Waals surface area contributed by atoms with E-state index in [2.05, 4.69) is 5.32 Å². The van der Waals surface area contributed by atoms with Crippen LogP contribution in [0.1, 0.15) is 25.3 Å². The van der Waals surface area contributed by atoms with Crippen molar-refractivity contribution >= 4 is 17.4 Å². The highest BCUT2D eigenvalue weighted by Gasteiger charge is 2.35. The van der Waals surface area contributed by atoms with E-state index in [1.165, 1.54) is 11.0 Å². The third-order valence-corrected chi connectivity index (χ3v) is 4.12. The number of nitrogens with one attached hydrogen (secondary N) is 1. The number of nitrogens with zero attached hydrogens (tertiary/aromatic N) is 2. The summed E-state index contributed by atoms with van der Waals surface area (Å²) < 4.78 is 45.6. The van der Waals surface area contributed by atoms with Gasteiger partial charge in [0.25, 0.3) is 0 Å². The number of urea groups is 1. The maximum Gasteiger partial charge on any atom is 0.418 e. The second kappa shape index (κ2) is 8.42. The fourth-order valence-corrected chi connectivity index (χ4v) is 2.60. The molecular formula is C17H24F3N3O2. The van der Waals surface area contributed by atoms with Gasteiger partial charge in [-0.1, -0.05) is 13.3 Å². The molecule has 1 aliphatic heterocycles. The number of rotatable bonds is 5. The number of carbonyl (C=O) groups is 1. The summed E-state index contributed by atoms with van der Waals surface area (Å²) in [5.41, 5.74) is -0.584. The van der Waals surface area contributed by atoms with Crippen molar-refractivity contribution in [2.75, 3.05) is 50.1 Å². The molecule has 0 aliphatic carbocycles. The van der Waals surface area contributed by atoms with Crippen LogP contribution in [0, 0.1) is 0 Å². The number of anilines is 2. The zero-order valence-corrected chi connectivity index (χ0v) is 14.5. The maximum atomic E-state index is 13.4. The van der Waals surface area contributed by atoms with Crippen LogP contribution < -0.4 is 10.2 Å². The lowest BCUT2D eigenvalue weighted by molar-refractivity contribution is -0.136. The van der Waals surface area contributed by atoms with Crippen molar-refractivity contribution in [3.05, 3.63) is 23.8 Å². The van der Waals surface area contributed by atoms with Crippen molar-refractivity contribution in [1.29, 1.82) is 0 Å². The van der Waals surface area contributed by atoms with Crippen molar-refractivity contribution in [2.24, 2.45) is 0 Å². The van der Waals surface area contributed by atoms with Crippen LogP contribution in [0.25, 0.3) is 0 Å². The number of hydrogen-bond donors (Lipinski definition) is 1. The van der Waals surface area contributed by atoms with Gasteiger partial charge in [0.2, 0.25) is 0 Å². The van der Waals surface area contributed by atoms with Gasteiger partial charge in [-0.05, 0) is 24.6 Å². The SMILES string of the molecule is CCCCN(C)C(=O)Nc1ccc(N2CCOCC2)cc1C(F)(F)F. The molecule has 0 unspecified atom stereocenters. The van der Waals surface area contributed by atoms with Crippen LogP contribution in [-0.2, 0) is 10.9 Å². The van der Waals surface area contributed by atoms with Gasteiger partial charge in [0.15, 0.2) is 0 Å². The van der Waals surface area contributed by atoms with E-state index in [9.17, 15) is 18.0 Å². The number of alkyl halides is 3. The number of ether oxygens (including phenoxy) is 1. The van der Waals surface area contributed by atoms with Crippen LogP contribution in [0.4, 0.5) is 29.3 Å². The summed E-state index contributed by atoms with van der Waals surface area (Å²) in [6, 6.07) is 3.46. The Hall–Kier alpha value is -1.96. The Kier molecular flexibility index (Phi) is 6.52. The van der Waals surface area contributed by atoms with E-state index in [0.29, 0.717) is 38.5 Å². The number of halogens is 3. The van der Waals surface area contributed by atoms with Crippen LogP contribution >= 0.6 is 0 Å². The molecule has 0 atom stereocenters. The van der Waals surface area contributed by atoms with E-state index < -0.39 is 17.8 Å². The van der Waals surface area contributed by atoms with Gasteiger partial charge in [-0.2, -0.15) is 13.2 Å². The number of unbranched alkanes of at least 4 members (excludes halogenated alkanes) is 1. The molecule has 0 saturated carbocycles. The van der Waals surface area contributed by atoms with E-state index in [0.717, 1.165) is 18.9 Å². The Labute approximate surface area is 145 Å². The van der Waals surface area contributed by atoms with Gasteiger partial charge in [0.1, 0.15) is 0 Å². The van der Waals surface area contributed by atoms with Crippen molar-refractivity contribution in [3.8, 4) is 0 Å². The lowest BCUT2D eigenvalue weighted by atomic mass is 10.1. The number of morpholine rings is 1. The standard InChI is InChI=1S/C17H24F3N3O2/c1-3-4-7-22(2)16(24)21-15-6-5-13(12-14(15)17(18,19)20)23-8-10-25-11-9-23/h5-6,12H,3-4,7-11H2,1-2H3,(H,21,24). The topological polar surface area (TPSA) is 44.8 Å². The third-order valence-electron chi connectivity index (χ3n) is 4.12. The van der Waals surface area contributed by atoms with Crippen molar-refractivity contribution in [1.82, 2.24) is 4.90 Å². The van der Waals surface area contributed by atoms with Crippen LogP contribution in [0.5, 0.6) is 0 Å². The van der Waals surface area contributed by atoms with E-state index in [-0.39, 0.29) is 5.69 Å². The molecule has 1 N–H and O–H groups in total. The maximum absolute atomic E-state index is 13.4. The van der Waals surface area contributed by atoms with Crippen molar-refractivity contribution in [3.63, 3.8) is 0 Å². The zero-order valence-electron chi connectivity index (χ0n) is 14.5. The van der Waals surface area contributed by atoms with E-state index in [1.54, 1.807) is 13.1 Å². The summed E-state index contributed by atoms with van der Waals surface area (Å²) >= 11 is 0. The van der Waals surface area contributed by atoms with Crippen LogP contribution in [0.3, 0.4) is 0 Å². The van der Waals surface area contributed by atoms with Crippen LogP contribution in [0.2, 0.25) is 0 Å². The molecule has 1 aliphatic rings. The third kappa shape index (κ3) is 5.26. The number of benzene rings is 1. The van der Waals surface area contributed by atoms with Gasteiger partial charge in [-0.3, -0.25) is 0 Å². The summed E-state index contributed by atoms with van der Waals surface area (Å²) in [7, 11) is 1.57. The molecule has 2 rings (SSSR count). The van der Waals surface area contributed by atoms with Gasteiger partial charge in [0, 0.05) is 32.4 Å². The van der Waals surface area contributed by atoms with E-state index in [1.807, 2.05) is 11.8 Å². The van der Waals surface area contributed by atoms with Crippen molar-refractivity contribution in [2.45, 2.75) is 25.9 Å². The van der Waals surface area contributed by atoms with Crippen LogP contribution in [-0.4, -0.2) is 50.8 Å². The molecule has 1 saturated heterocycles. The highest BCUT2D eigenvalue weighted by Crippen LogP contribution is 2.37. The smallest absolute Gasteiger partial charge is 0.378 e. The summed E-state index contributed by atoms with van der Waals surface area (Å²) in [6.45, 7) is 4.54. The Balaban J connectivity index is 2.20. The molecule has 5 nitrogen and oxygen atoms in total. The molecule has 8 heteroatoms. The molecular weight excluding hydrogens is 335 g/mol. The summed E-state index contributed by atoms with van der Waals surface area (Å²) in [5.74, 6) is 0. The molecule has 1 fully saturated rings. The highest BCUT2D eigenvalue weighted by atomic mass is 19.4. The Morgan fingerprint density at radius 1 is 1.32 bits per heavy atom. The molecule has 25 heavy (non-hydrogen) atoms. The first-order valence-corrected chi connectivity index (χ1v) is 8.39. The van der Waals surface area contributed by atoms with E-state index in [4.69, 9.17) is 4.74 Å². The van der Waals surface area contributed by atoms with Gasteiger partial charge in [0.05, 0.1) is 24.5 Å². The highest BCUT2D eigenvalue weighted by molar-refractivity contribution is 5.90. The molecule has 140 valence electrons. The first kappa shape index (κ1) is 19.4. The predicted molar refractivity (Wildman–Crippen MR) is 91.0 cm³/mol. The number of hydrogen-bond acceptors (Lipinski definition) is 3. The fourth-order valence-electron chi connectivity index (χ4n) is 2.60. The monoisotopic (exact) mass is 359 g/mol. The van der Waals surface area contributed by atoms with Crippen LogP contribution in [0.15, 0.2) is 18.2 Å². The first-order valence-electron chi connectivity index (χ1n) is 8.39. The zero-order chi connectivity index (χ0) is 18.4. The first-order chi connectivity index (χ1) is 11.8. The quantitative estimate of drug-likeness (QED) is 0.870. The van der Waals surface area contributed by atoms with Gasteiger partial charge in [-0.15, -0.1) is 0 Å². The fraction of sp³-hybridized carbons (Fsp3) is 0.588. The molecule has 0 spiro atoms. The number of carbonyl (C=O) groups excluding carboxylic acids is 1. The Bertz CT molecular complexity index is 587. The normalized spacial score (nSPS) is 15.2. The summed E-state index contributed by atoms with van der Waals surface area (Å²) in [5, 5.41) is 2.38. The minimum atomic E-state index is -4.55. The lowest BCUT2D eigenvalue weighted by Gasteiger charge is -2.30. The Morgan fingerprint density at radius 2 is 2.00 bits per heavy atom. The largest absolute Gasteiger partial charge is 0.418 e. The lowest BCUT2D eigenvalue weighted by Crippen LogP contribution is -2.36. The molecule has 0 bridgehead atoms. The summed E-state index contributed by atoms with van der Waals surface area (Å²) in [4.78, 5) is 15.3. The second-order valence-corrected chi connectivity index (χ2v) is 6.03. The van der Waals surface area contributed by atoms with Crippen molar-refractivity contribution < 1.29 is 22.7 Å².